The van der Waals surface area contributed by atoms with Gasteiger partial charge in [-0.25, -0.2) is 0 Å². The first-order valence-corrected chi connectivity index (χ1v) is 9.98. The van der Waals surface area contributed by atoms with E-state index in [1.807, 2.05) is 6.08 Å². The van der Waals surface area contributed by atoms with Crippen LogP contribution in [-0.2, 0) is 15.1 Å². The number of aliphatic carboxylic acids is 1. The zero-order chi connectivity index (χ0) is 17.3. The average molecular weight is 345 g/mol. The molecule has 0 radical (unpaired) electrons. The fraction of sp³-hybridized carbons (Fsp3) is 0.778. The number of carboxylic acid groups (broad SMARTS) is 1. The SMILES string of the molecule is CCCCCCCC(/C=C/CCCCCCCC(=O)O)=S(=O)=O. The van der Waals surface area contributed by atoms with Crippen LogP contribution < -0.4 is 0 Å². The third kappa shape index (κ3) is 15.6. The summed E-state index contributed by atoms with van der Waals surface area (Å²) in [4.78, 5) is 10.9. The highest BCUT2D eigenvalue weighted by Gasteiger charge is 1.98. The van der Waals surface area contributed by atoms with E-state index < -0.39 is 16.3 Å². The van der Waals surface area contributed by atoms with Crippen LogP contribution in [0.3, 0.4) is 0 Å². The van der Waals surface area contributed by atoms with Crippen LogP contribution in [0.15, 0.2) is 12.2 Å². The van der Waals surface area contributed by atoms with E-state index in [1.54, 1.807) is 6.08 Å². The van der Waals surface area contributed by atoms with Gasteiger partial charge in [0.2, 0.25) is 10.3 Å². The molecule has 4 nitrogen and oxygen atoms in total. The second-order valence-corrected chi connectivity index (χ2v) is 6.96. The Kier molecular flexibility index (Phi) is 15.0. The standard InChI is InChI=1S/C18H32O4S/c1-2-3-4-8-11-14-17(23(21)22)15-12-9-6-5-7-10-13-16-18(19)20/h12,15H,2-11,13-14,16H2,1H3,(H,19,20)/b15-12+. The Hall–Kier alpha value is -1.10. The number of carboxylic acids is 1. The van der Waals surface area contributed by atoms with Crippen molar-refractivity contribution in [2.24, 2.45) is 0 Å². The van der Waals surface area contributed by atoms with Crippen LogP contribution in [0.4, 0.5) is 0 Å². The lowest BCUT2D eigenvalue weighted by atomic mass is 10.1. The Bertz CT molecular complexity index is 455. The fourth-order valence-corrected chi connectivity index (χ4v) is 2.93. The van der Waals surface area contributed by atoms with Gasteiger partial charge in [-0.3, -0.25) is 4.79 Å². The van der Waals surface area contributed by atoms with Gasteiger partial charge in [0.05, 0.1) is 4.86 Å². The predicted molar refractivity (Wildman–Crippen MR) is 96.4 cm³/mol. The summed E-state index contributed by atoms with van der Waals surface area (Å²) in [5.41, 5.74) is 0. The van der Waals surface area contributed by atoms with Crippen molar-refractivity contribution in [1.82, 2.24) is 0 Å². The first-order chi connectivity index (χ1) is 11.1. The van der Waals surface area contributed by atoms with Gasteiger partial charge < -0.3 is 5.11 Å². The minimum Gasteiger partial charge on any atom is -0.481 e. The van der Waals surface area contributed by atoms with Gasteiger partial charge in [0.25, 0.3) is 0 Å². The molecule has 1 N–H and O–H groups in total. The van der Waals surface area contributed by atoms with Crippen LogP contribution in [-0.4, -0.2) is 24.4 Å². The van der Waals surface area contributed by atoms with E-state index in [9.17, 15) is 13.2 Å². The van der Waals surface area contributed by atoms with E-state index in [0.29, 0.717) is 11.3 Å². The van der Waals surface area contributed by atoms with Gasteiger partial charge in [-0.2, -0.15) is 8.42 Å². The molecule has 0 amide bonds. The van der Waals surface area contributed by atoms with E-state index in [2.05, 4.69) is 6.92 Å². The number of hydrogen-bond acceptors (Lipinski definition) is 3. The van der Waals surface area contributed by atoms with Crippen molar-refractivity contribution < 1.29 is 18.3 Å². The molecule has 0 aromatic rings. The highest BCUT2D eigenvalue weighted by atomic mass is 32.2. The molecule has 0 bridgehead atoms. The van der Waals surface area contributed by atoms with Gasteiger partial charge >= 0.3 is 5.97 Å². The summed E-state index contributed by atoms with van der Waals surface area (Å²) < 4.78 is 22.4. The Morgan fingerprint density at radius 3 is 2.04 bits per heavy atom. The van der Waals surface area contributed by atoms with Gasteiger partial charge in [-0.05, 0) is 38.2 Å². The van der Waals surface area contributed by atoms with Crippen LogP contribution in [0.1, 0.15) is 90.4 Å². The van der Waals surface area contributed by atoms with Crippen LogP contribution >= 0.6 is 0 Å². The normalized spacial score (nSPS) is 11.0. The lowest BCUT2D eigenvalue weighted by Gasteiger charge is -2.00. The molecule has 0 heterocycles. The van der Waals surface area contributed by atoms with Crippen molar-refractivity contribution in [2.75, 3.05) is 0 Å². The molecule has 0 atom stereocenters. The van der Waals surface area contributed by atoms with Crippen LogP contribution in [0.25, 0.3) is 0 Å². The molecular formula is C18H32O4S. The van der Waals surface area contributed by atoms with Crippen molar-refractivity contribution in [1.29, 1.82) is 0 Å². The molecule has 0 saturated carbocycles. The van der Waals surface area contributed by atoms with Crippen LogP contribution in [0.2, 0.25) is 0 Å². The Morgan fingerprint density at radius 1 is 0.870 bits per heavy atom. The van der Waals surface area contributed by atoms with Crippen molar-refractivity contribution in [2.45, 2.75) is 90.4 Å². The Labute approximate surface area is 142 Å². The molecule has 0 spiro atoms. The van der Waals surface area contributed by atoms with Crippen molar-refractivity contribution in [3.63, 3.8) is 0 Å². The highest BCUT2D eigenvalue weighted by molar-refractivity contribution is 7.73. The van der Waals surface area contributed by atoms with E-state index >= 15 is 0 Å². The zero-order valence-electron chi connectivity index (χ0n) is 14.4. The third-order valence-electron chi connectivity index (χ3n) is 3.81. The van der Waals surface area contributed by atoms with Crippen LogP contribution in [0.5, 0.6) is 0 Å². The first-order valence-electron chi connectivity index (χ1n) is 8.91. The zero-order valence-corrected chi connectivity index (χ0v) is 15.2. The average Bonchev–Trinajstić information content (AvgIpc) is 2.50. The van der Waals surface area contributed by atoms with E-state index in [-0.39, 0.29) is 6.42 Å². The van der Waals surface area contributed by atoms with Gasteiger partial charge in [-0.15, -0.1) is 0 Å². The second-order valence-electron chi connectivity index (χ2n) is 5.97. The largest absolute Gasteiger partial charge is 0.481 e. The number of hydrogen-bond donors (Lipinski definition) is 1. The number of rotatable bonds is 15. The molecule has 0 rings (SSSR count). The summed E-state index contributed by atoms with van der Waals surface area (Å²) in [6, 6.07) is 0. The topological polar surface area (TPSA) is 71.4 Å². The third-order valence-corrected chi connectivity index (χ3v) is 4.57. The monoisotopic (exact) mass is 344 g/mol. The summed E-state index contributed by atoms with van der Waals surface area (Å²) in [5.74, 6) is -0.726. The molecule has 0 unspecified atom stereocenters. The van der Waals surface area contributed by atoms with Gasteiger partial charge in [0.1, 0.15) is 0 Å². The second kappa shape index (κ2) is 15.8. The minimum absolute atomic E-state index is 0.256. The van der Waals surface area contributed by atoms with Crippen molar-refractivity contribution in [3.8, 4) is 0 Å². The lowest BCUT2D eigenvalue weighted by Crippen LogP contribution is -1.95. The van der Waals surface area contributed by atoms with Gasteiger partial charge in [0, 0.05) is 6.42 Å². The molecule has 0 aromatic carbocycles. The molecule has 0 aliphatic carbocycles. The molecule has 0 fully saturated rings. The van der Waals surface area contributed by atoms with Gasteiger partial charge in [0.15, 0.2) is 0 Å². The maximum atomic E-state index is 11.2. The summed E-state index contributed by atoms with van der Waals surface area (Å²) >= 11 is 0. The lowest BCUT2D eigenvalue weighted by molar-refractivity contribution is -0.137. The van der Waals surface area contributed by atoms with Crippen LogP contribution in [0, 0.1) is 0 Å². The van der Waals surface area contributed by atoms with E-state index in [1.165, 1.54) is 19.3 Å². The fourth-order valence-electron chi connectivity index (χ4n) is 2.41. The first kappa shape index (κ1) is 21.9. The molecule has 0 aromatic heterocycles. The molecular weight excluding hydrogens is 312 g/mol. The quantitative estimate of drug-likeness (QED) is 0.264. The smallest absolute Gasteiger partial charge is 0.303 e. The molecule has 0 aliphatic rings. The van der Waals surface area contributed by atoms with E-state index in [4.69, 9.17) is 5.11 Å². The highest BCUT2D eigenvalue weighted by Crippen LogP contribution is 2.09. The molecule has 5 heteroatoms. The maximum Gasteiger partial charge on any atom is 0.303 e. The predicted octanol–water partition coefficient (Wildman–Crippen LogP) is 4.77. The Balaban J connectivity index is 3.75. The summed E-state index contributed by atoms with van der Waals surface area (Å²) in [7, 11) is -2.10. The minimum atomic E-state index is -2.10. The number of carbonyl (C=O) groups is 1. The number of unbranched alkanes of at least 4 members (excludes halogenated alkanes) is 9. The van der Waals surface area contributed by atoms with E-state index in [0.717, 1.165) is 51.4 Å². The maximum absolute atomic E-state index is 11.2. The van der Waals surface area contributed by atoms with Gasteiger partial charge in [-0.1, -0.05) is 57.9 Å². The summed E-state index contributed by atoms with van der Waals surface area (Å²) in [5, 5.41) is 8.53. The number of allylic oxidation sites excluding steroid dienone is 2. The Morgan fingerprint density at radius 2 is 1.43 bits per heavy atom. The van der Waals surface area contributed by atoms with Crippen molar-refractivity contribution in [3.05, 3.63) is 12.2 Å². The molecule has 134 valence electrons. The molecule has 0 aliphatic heterocycles. The summed E-state index contributed by atoms with van der Waals surface area (Å²) in [6.07, 6.45) is 16.0. The summed E-state index contributed by atoms with van der Waals surface area (Å²) in [6.45, 7) is 2.17. The molecule has 23 heavy (non-hydrogen) atoms. The molecule has 0 saturated heterocycles. The van der Waals surface area contributed by atoms with Crippen molar-refractivity contribution >= 4 is 21.1 Å².